The van der Waals surface area contributed by atoms with Gasteiger partial charge in [0.05, 0.1) is 20.3 Å². The van der Waals surface area contributed by atoms with Gasteiger partial charge in [-0.05, 0) is 49.6 Å². The van der Waals surface area contributed by atoms with Crippen LogP contribution in [-0.2, 0) is 6.42 Å². The Morgan fingerprint density at radius 3 is 2.57 bits per heavy atom. The van der Waals surface area contributed by atoms with Gasteiger partial charge in [-0.2, -0.15) is 0 Å². The molecule has 1 aliphatic heterocycles. The van der Waals surface area contributed by atoms with Crippen molar-refractivity contribution in [2.24, 2.45) is 0 Å². The third-order valence-electron chi connectivity index (χ3n) is 4.12. The molecule has 0 spiro atoms. The highest BCUT2D eigenvalue weighted by atomic mass is 16.5. The van der Waals surface area contributed by atoms with E-state index in [1.807, 2.05) is 12.1 Å². The molecule has 3 rings (SSSR count). The maximum atomic E-state index is 5.51. The maximum Gasteiger partial charge on any atom is 0.124 e. The first-order chi connectivity index (χ1) is 10.1. The zero-order chi connectivity index (χ0) is 15.0. The molecule has 0 saturated carbocycles. The summed E-state index contributed by atoms with van der Waals surface area (Å²) >= 11 is 0. The van der Waals surface area contributed by atoms with Crippen molar-refractivity contribution in [1.82, 2.24) is 0 Å². The molecule has 0 aromatic heterocycles. The zero-order valence-electron chi connectivity index (χ0n) is 13.0. The van der Waals surface area contributed by atoms with E-state index >= 15 is 0 Å². The quantitative estimate of drug-likeness (QED) is 0.922. The number of rotatable bonds is 3. The molecule has 0 bridgehead atoms. The van der Waals surface area contributed by atoms with Crippen LogP contribution in [0.3, 0.4) is 0 Å². The van der Waals surface area contributed by atoms with Gasteiger partial charge in [0.1, 0.15) is 11.5 Å². The van der Waals surface area contributed by atoms with Gasteiger partial charge in [0.25, 0.3) is 0 Å². The molecule has 1 heterocycles. The van der Waals surface area contributed by atoms with Crippen LogP contribution in [0.25, 0.3) is 0 Å². The highest BCUT2D eigenvalue weighted by Gasteiger charge is 2.26. The first kappa shape index (κ1) is 13.8. The molecule has 3 heteroatoms. The molecule has 21 heavy (non-hydrogen) atoms. The molecule has 1 unspecified atom stereocenters. The van der Waals surface area contributed by atoms with E-state index < -0.39 is 0 Å². The van der Waals surface area contributed by atoms with E-state index in [0.717, 1.165) is 23.5 Å². The summed E-state index contributed by atoms with van der Waals surface area (Å²) in [4.78, 5) is 0. The van der Waals surface area contributed by atoms with Crippen LogP contribution in [0, 0.1) is 13.8 Å². The summed E-state index contributed by atoms with van der Waals surface area (Å²) in [6.45, 7) is 4.30. The molecule has 0 aliphatic carbocycles. The van der Waals surface area contributed by atoms with E-state index in [1.54, 1.807) is 14.2 Å². The third kappa shape index (κ3) is 2.44. The van der Waals surface area contributed by atoms with Crippen LogP contribution in [0.2, 0.25) is 0 Å². The third-order valence-corrected chi connectivity index (χ3v) is 4.12. The van der Waals surface area contributed by atoms with Crippen molar-refractivity contribution in [3.05, 3.63) is 52.6 Å². The van der Waals surface area contributed by atoms with Gasteiger partial charge in [0, 0.05) is 11.3 Å². The molecule has 2 aromatic rings. The molecule has 1 N–H and O–H groups in total. The van der Waals surface area contributed by atoms with Crippen LogP contribution in [-0.4, -0.2) is 14.2 Å². The van der Waals surface area contributed by atoms with Gasteiger partial charge in [-0.25, -0.2) is 0 Å². The molecule has 2 aromatic carbocycles. The van der Waals surface area contributed by atoms with Crippen molar-refractivity contribution >= 4 is 5.69 Å². The molecule has 0 amide bonds. The van der Waals surface area contributed by atoms with Crippen molar-refractivity contribution in [3.8, 4) is 11.5 Å². The lowest BCUT2D eigenvalue weighted by atomic mass is 9.99. The predicted octanol–water partition coefficient (Wildman–Crippen LogP) is 4.03. The van der Waals surface area contributed by atoms with E-state index in [1.165, 1.54) is 22.4 Å². The number of fused-ring (bicyclic) bond motifs is 1. The summed E-state index contributed by atoms with van der Waals surface area (Å²) < 4.78 is 10.9. The average Bonchev–Trinajstić information content (AvgIpc) is 2.90. The normalized spacial score (nSPS) is 16.3. The molecule has 3 nitrogen and oxygen atoms in total. The minimum absolute atomic E-state index is 0.227. The van der Waals surface area contributed by atoms with Gasteiger partial charge in [-0.1, -0.05) is 17.7 Å². The fourth-order valence-electron chi connectivity index (χ4n) is 3.17. The fraction of sp³-hybridized carbons (Fsp3) is 0.333. The SMILES string of the molecule is COc1ccc(OC)c(C2Cc3cc(C)cc(C)c3N2)c1. The second-order valence-electron chi connectivity index (χ2n) is 5.62. The maximum absolute atomic E-state index is 5.51. The highest BCUT2D eigenvalue weighted by molar-refractivity contribution is 5.65. The van der Waals surface area contributed by atoms with E-state index in [2.05, 4.69) is 37.4 Å². The molecular formula is C18H21NO2. The van der Waals surface area contributed by atoms with Crippen LogP contribution in [0.5, 0.6) is 11.5 Å². The second-order valence-corrected chi connectivity index (χ2v) is 5.62. The van der Waals surface area contributed by atoms with Gasteiger partial charge in [0.15, 0.2) is 0 Å². The highest BCUT2D eigenvalue weighted by Crippen LogP contribution is 2.40. The van der Waals surface area contributed by atoms with Crippen molar-refractivity contribution in [2.45, 2.75) is 26.3 Å². The average molecular weight is 283 g/mol. The van der Waals surface area contributed by atoms with Gasteiger partial charge >= 0.3 is 0 Å². The minimum Gasteiger partial charge on any atom is -0.497 e. The lowest BCUT2D eigenvalue weighted by Crippen LogP contribution is -2.08. The summed E-state index contributed by atoms with van der Waals surface area (Å²) in [6.07, 6.45) is 0.974. The number of benzene rings is 2. The van der Waals surface area contributed by atoms with Gasteiger partial charge in [-0.15, -0.1) is 0 Å². The number of hydrogen-bond acceptors (Lipinski definition) is 3. The van der Waals surface area contributed by atoms with E-state index in [9.17, 15) is 0 Å². The standard InChI is InChI=1S/C18H21NO2/c1-11-7-12(2)18-13(8-11)9-16(19-18)15-10-14(20-3)5-6-17(15)21-4/h5-8,10,16,19H,9H2,1-4H3. The van der Waals surface area contributed by atoms with Crippen LogP contribution in [0.1, 0.15) is 28.3 Å². The van der Waals surface area contributed by atoms with Crippen molar-refractivity contribution in [3.63, 3.8) is 0 Å². The largest absolute Gasteiger partial charge is 0.497 e. The Hall–Kier alpha value is -2.16. The molecule has 0 radical (unpaired) electrons. The molecule has 110 valence electrons. The summed E-state index contributed by atoms with van der Waals surface area (Å²) in [5, 5.41) is 3.64. The first-order valence-corrected chi connectivity index (χ1v) is 7.21. The van der Waals surface area contributed by atoms with Gasteiger partial charge in [0.2, 0.25) is 0 Å². The Labute approximate surface area is 125 Å². The summed E-state index contributed by atoms with van der Waals surface area (Å²) in [6, 6.07) is 10.7. The van der Waals surface area contributed by atoms with Crippen LogP contribution in [0.15, 0.2) is 30.3 Å². The number of anilines is 1. The lowest BCUT2D eigenvalue weighted by molar-refractivity contribution is 0.396. The number of nitrogens with one attached hydrogen (secondary N) is 1. The monoisotopic (exact) mass is 283 g/mol. The second kappa shape index (κ2) is 5.32. The van der Waals surface area contributed by atoms with E-state index in [0.29, 0.717) is 0 Å². The minimum atomic E-state index is 0.227. The molecule has 1 aliphatic rings. The Kier molecular flexibility index (Phi) is 3.50. The van der Waals surface area contributed by atoms with Crippen LogP contribution in [0.4, 0.5) is 5.69 Å². The van der Waals surface area contributed by atoms with E-state index in [4.69, 9.17) is 9.47 Å². The Bertz CT molecular complexity index is 679. The number of ether oxygens (including phenoxy) is 2. The molecule has 1 atom stereocenters. The van der Waals surface area contributed by atoms with Crippen LogP contribution < -0.4 is 14.8 Å². The Balaban J connectivity index is 1.99. The van der Waals surface area contributed by atoms with E-state index in [-0.39, 0.29) is 6.04 Å². The summed E-state index contributed by atoms with van der Waals surface area (Å²) in [7, 11) is 3.40. The summed E-state index contributed by atoms with van der Waals surface area (Å²) in [5.41, 5.74) is 6.39. The first-order valence-electron chi connectivity index (χ1n) is 7.21. The predicted molar refractivity (Wildman–Crippen MR) is 85.5 cm³/mol. The number of methoxy groups -OCH3 is 2. The zero-order valence-corrected chi connectivity index (χ0v) is 13.0. The van der Waals surface area contributed by atoms with Gasteiger partial charge in [-0.3, -0.25) is 0 Å². The smallest absolute Gasteiger partial charge is 0.124 e. The summed E-state index contributed by atoms with van der Waals surface area (Å²) in [5.74, 6) is 1.76. The Morgan fingerprint density at radius 1 is 1.05 bits per heavy atom. The molecule has 0 fully saturated rings. The topological polar surface area (TPSA) is 30.5 Å². The van der Waals surface area contributed by atoms with Crippen LogP contribution >= 0.6 is 0 Å². The van der Waals surface area contributed by atoms with Crippen molar-refractivity contribution in [1.29, 1.82) is 0 Å². The Morgan fingerprint density at radius 2 is 1.86 bits per heavy atom. The number of aryl methyl sites for hydroxylation is 2. The van der Waals surface area contributed by atoms with Gasteiger partial charge < -0.3 is 14.8 Å². The fourth-order valence-corrected chi connectivity index (χ4v) is 3.17. The van der Waals surface area contributed by atoms with Crippen molar-refractivity contribution in [2.75, 3.05) is 19.5 Å². The lowest BCUT2D eigenvalue weighted by Gasteiger charge is -2.17. The molecule has 0 saturated heterocycles. The van der Waals surface area contributed by atoms with Crippen molar-refractivity contribution < 1.29 is 9.47 Å². The molecular weight excluding hydrogens is 262 g/mol. The number of hydrogen-bond donors (Lipinski definition) is 1.